The molecule has 0 radical (unpaired) electrons. The van der Waals surface area contributed by atoms with E-state index >= 15 is 0 Å². The van der Waals surface area contributed by atoms with Gasteiger partial charge in [-0.15, -0.1) is 0 Å². The van der Waals surface area contributed by atoms with Crippen molar-refractivity contribution in [3.8, 4) is 0 Å². The Bertz CT molecular complexity index is 422. The van der Waals surface area contributed by atoms with Gasteiger partial charge in [0.05, 0.1) is 18.8 Å². The summed E-state index contributed by atoms with van der Waals surface area (Å²) in [6.45, 7) is 2.13. The maximum atomic E-state index is 13.4. The van der Waals surface area contributed by atoms with Crippen molar-refractivity contribution < 1.29 is 23.0 Å². The first-order valence-corrected chi connectivity index (χ1v) is 5.43. The average molecular weight is 246 g/mol. The van der Waals surface area contributed by atoms with Gasteiger partial charge in [-0.05, 0) is 19.4 Å². The monoisotopic (exact) mass is 246 g/mol. The van der Waals surface area contributed by atoms with Crippen LogP contribution in [-0.2, 0) is 4.74 Å². The Balaban J connectivity index is 2.25. The highest BCUT2D eigenvalue weighted by Crippen LogP contribution is 2.33. The molecule has 1 aliphatic heterocycles. The fourth-order valence-corrected chi connectivity index (χ4v) is 2.09. The fourth-order valence-electron chi connectivity index (χ4n) is 2.09. The number of hydrogen-bond acceptors (Lipinski definition) is 2. The molecule has 1 saturated heterocycles. The van der Waals surface area contributed by atoms with Crippen LogP contribution in [0.25, 0.3) is 0 Å². The summed E-state index contributed by atoms with van der Waals surface area (Å²) in [7, 11) is 0. The van der Waals surface area contributed by atoms with Gasteiger partial charge in [0.25, 0.3) is 0 Å². The summed E-state index contributed by atoms with van der Waals surface area (Å²) in [5.41, 5.74) is -0.216. The van der Waals surface area contributed by atoms with Crippen LogP contribution >= 0.6 is 0 Å². The average Bonchev–Trinajstić information content (AvgIpc) is 2.72. The predicted octanol–water partition coefficient (Wildman–Crippen LogP) is 2.56. The Morgan fingerprint density at radius 2 is 2.00 bits per heavy atom. The number of ether oxygens (including phenoxy) is 1. The number of halogens is 3. The minimum absolute atomic E-state index is 0.0111. The lowest BCUT2D eigenvalue weighted by Gasteiger charge is -2.17. The molecule has 5 heteroatoms. The summed E-state index contributed by atoms with van der Waals surface area (Å²) in [5.74, 6) is -4.41. The topological polar surface area (TPSA) is 29.5 Å². The number of hydrogen-bond donors (Lipinski definition) is 1. The van der Waals surface area contributed by atoms with Gasteiger partial charge in [0, 0.05) is 11.5 Å². The number of aliphatic hydroxyl groups excluding tert-OH is 1. The van der Waals surface area contributed by atoms with E-state index in [9.17, 15) is 18.3 Å². The van der Waals surface area contributed by atoms with Crippen molar-refractivity contribution in [1.29, 1.82) is 0 Å². The minimum atomic E-state index is -1.55. The van der Waals surface area contributed by atoms with E-state index in [1.165, 1.54) is 0 Å². The second-order valence-corrected chi connectivity index (χ2v) is 4.35. The first-order valence-electron chi connectivity index (χ1n) is 5.43. The maximum Gasteiger partial charge on any atom is 0.194 e. The Morgan fingerprint density at radius 1 is 1.29 bits per heavy atom. The molecule has 0 aliphatic carbocycles. The highest BCUT2D eigenvalue weighted by atomic mass is 19.2. The molecule has 0 bridgehead atoms. The van der Waals surface area contributed by atoms with E-state index in [1.807, 2.05) is 6.92 Å². The lowest BCUT2D eigenvalue weighted by atomic mass is 9.93. The zero-order valence-corrected chi connectivity index (χ0v) is 9.29. The van der Waals surface area contributed by atoms with E-state index in [2.05, 4.69) is 0 Å². The van der Waals surface area contributed by atoms with Gasteiger partial charge in [-0.2, -0.15) is 0 Å². The SMILES string of the molecule is CC1CC(C(O)c2ccc(F)c(F)c2F)CO1. The fraction of sp³-hybridized carbons (Fsp3) is 0.500. The molecule has 2 nitrogen and oxygen atoms in total. The van der Waals surface area contributed by atoms with E-state index in [1.54, 1.807) is 0 Å². The molecule has 1 aromatic rings. The molecule has 0 saturated carbocycles. The van der Waals surface area contributed by atoms with Crippen LogP contribution in [-0.4, -0.2) is 17.8 Å². The van der Waals surface area contributed by atoms with Gasteiger partial charge < -0.3 is 9.84 Å². The summed E-state index contributed by atoms with van der Waals surface area (Å²) in [6.07, 6.45) is -0.613. The molecule has 0 spiro atoms. The third kappa shape index (κ3) is 2.30. The smallest absolute Gasteiger partial charge is 0.194 e. The van der Waals surface area contributed by atoms with Crippen molar-refractivity contribution in [1.82, 2.24) is 0 Å². The Hall–Kier alpha value is -1.07. The van der Waals surface area contributed by atoms with E-state index in [4.69, 9.17) is 4.74 Å². The van der Waals surface area contributed by atoms with Gasteiger partial charge in [-0.1, -0.05) is 6.07 Å². The Labute approximate surface area is 97.0 Å². The third-order valence-corrected chi connectivity index (χ3v) is 3.06. The lowest BCUT2D eigenvalue weighted by Crippen LogP contribution is -2.15. The van der Waals surface area contributed by atoms with Gasteiger partial charge in [-0.3, -0.25) is 0 Å². The molecular weight excluding hydrogens is 233 g/mol. The minimum Gasteiger partial charge on any atom is -0.388 e. The molecular formula is C12H13F3O2. The zero-order valence-electron chi connectivity index (χ0n) is 9.29. The van der Waals surface area contributed by atoms with E-state index < -0.39 is 23.6 Å². The zero-order chi connectivity index (χ0) is 12.6. The molecule has 1 heterocycles. The number of aliphatic hydroxyl groups is 1. The maximum absolute atomic E-state index is 13.4. The third-order valence-electron chi connectivity index (χ3n) is 3.06. The van der Waals surface area contributed by atoms with Crippen LogP contribution in [0.1, 0.15) is 25.0 Å². The van der Waals surface area contributed by atoms with Crippen molar-refractivity contribution in [2.24, 2.45) is 5.92 Å². The molecule has 94 valence electrons. The lowest BCUT2D eigenvalue weighted by molar-refractivity contribution is 0.0778. The van der Waals surface area contributed by atoms with Crippen LogP contribution in [0.4, 0.5) is 13.2 Å². The van der Waals surface area contributed by atoms with Gasteiger partial charge in [-0.25, -0.2) is 13.2 Å². The number of rotatable bonds is 2. The molecule has 17 heavy (non-hydrogen) atoms. The molecule has 1 aromatic carbocycles. The molecule has 1 aliphatic rings. The van der Waals surface area contributed by atoms with Crippen LogP contribution in [0.15, 0.2) is 12.1 Å². The first kappa shape index (κ1) is 12.4. The van der Waals surface area contributed by atoms with Crippen molar-refractivity contribution in [3.05, 3.63) is 35.1 Å². The second kappa shape index (κ2) is 4.66. The van der Waals surface area contributed by atoms with Gasteiger partial charge in [0.1, 0.15) is 0 Å². The Morgan fingerprint density at radius 3 is 2.59 bits per heavy atom. The summed E-state index contributed by atoms with van der Waals surface area (Å²) in [6, 6.07) is 1.89. The normalized spacial score (nSPS) is 26.2. The second-order valence-electron chi connectivity index (χ2n) is 4.35. The molecule has 0 amide bonds. The van der Waals surface area contributed by atoms with Crippen molar-refractivity contribution in [3.63, 3.8) is 0 Å². The van der Waals surface area contributed by atoms with Crippen molar-refractivity contribution >= 4 is 0 Å². The van der Waals surface area contributed by atoms with Crippen molar-refractivity contribution in [2.45, 2.75) is 25.6 Å². The molecule has 0 aromatic heterocycles. The standard InChI is InChI=1S/C12H13F3O2/c1-6-4-7(5-17-6)12(16)8-2-3-9(13)11(15)10(8)14/h2-3,6-7,12,16H,4-5H2,1H3. The van der Waals surface area contributed by atoms with E-state index in [0.717, 1.165) is 12.1 Å². The molecule has 3 atom stereocenters. The highest BCUT2D eigenvalue weighted by Gasteiger charge is 2.31. The predicted molar refractivity (Wildman–Crippen MR) is 54.8 cm³/mol. The molecule has 3 unspecified atom stereocenters. The van der Waals surface area contributed by atoms with Crippen LogP contribution in [0.5, 0.6) is 0 Å². The Kier molecular flexibility index (Phi) is 3.40. The number of benzene rings is 1. The van der Waals surface area contributed by atoms with Crippen LogP contribution in [0.3, 0.4) is 0 Å². The molecule has 2 rings (SSSR count). The quantitative estimate of drug-likeness (QED) is 0.813. The summed E-state index contributed by atoms with van der Waals surface area (Å²) in [4.78, 5) is 0. The first-order chi connectivity index (χ1) is 8.00. The van der Waals surface area contributed by atoms with Crippen LogP contribution < -0.4 is 0 Å². The van der Waals surface area contributed by atoms with Crippen molar-refractivity contribution in [2.75, 3.05) is 6.61 Å². The highest BCUT2D eigenvalue weighted by molar-refractivity contribution is 5.23. The van der Waals surface area contributed by atoms with Gasteiger partial charge >= 0.3 is 0 Å². The summed E-state index contributed by atoms with van der Waals surface area (Å²) >= 11 is 0. The van der Waals surface area contributed by atoms with Crippen LogP contribution in [0.2, 0.25) is 0 Å². The van der Waals surface area contributed by atoms with Gasteiger partial charge in [0.15, 0.2) is 17.5 Å². The van der Waals surface area contributed by atoms with E-state index in [-0.39, 0.29) is 17.6 Å². The molecule has 1 fully saturated rings. The molecule has 1 N–H and O–H groups in total. The summed E-state index contributed by atoms with van der Waals surface area (Å²) < 4.78 is 44.5. The summed E-state index contributed by atoms with van der Waals surface area (Å²) in [5, 5.41) is 9.93. The van der Waals surface area contributed by atoms with Gasteiger partial charge in [0.2, 0.25) is 0 Å². The van der Waals surface area contributed by atoms with Crippen LogP contribution in [0, 0.1) is 23.4 Å². The van der Waals surface area contributed by atoms with E-state index in [0.29, 0.717) is 13.0 Å². The largest absolute Gasteiger partial charge is 0.388 e.